The first-order valence-electron chi connectivity index (χ1n) is 12.0. The fourth-order valence-corrected chi connectivity index (χ4v) is 6.21. The molecule has 0 aliphatic heterocycles. The number of amides is 1. The van der Waals surface area contributed by atoms with Crippen LogP contribution < -0.4 is 14.8 Å². The van der Waals surface area contributed by atoms with Gasteiger partial charge in [0.05, 0.1) is 15.4 Å². The molecule has 0 unspecified atom stereocenters. The van der Waals surface area contributed by atoms with Gasteiger partial charge in [0.2, 0.25) is 0 Å². The highest BCUT2D eigenvalue weighted by Gasteiger charge is 2.30. The zero-order valence-corrected chi connectivity index (χ0v) is 23.3. The van der Waals surface area contributed by atoms with E-state index in [0.29, 0.717) is 17.3 Å². The predicted octanol–water partition coefficient (Wildman–Crippen LogP) is 6.18. The van der Waals surface area contributed by atoms with Crippen LogP contribution in [-0.4, -0.2) is 22.7 Å². The highest BCUT2D eigenvalue weighted by Crippen LogP contribution is 2.31. The minimum atomic E-state index is -4.64. The van der Waals surface area contributed by atoms with E-state index in [1.807, 2.05) is 13.0 Å². The molecule has 13 heteroatoms. The molecule has 4 rings (SSSR count). The molecular weight excluding hydrogens is 579 g/mol. The van der Waals surface area contributed by atoms with E-state index < -0.39 is 37.7 Å². The van der Waals surface area contributed by atoms with Crippen molar-refractivity contribution in [3.8, 4) is 0 Å². The van der Waals surface area contributed by atoms with Gasteiger partial charge in [-0.15, -0.1) is 0 Å². The molecule has 0 aromatic heterocycles. The minimum absolute atomic E-state index is 0.0446. The van der Waals surface area contributed by atoms with Crippen molar-refractivity contribution in [1.82, 2.24) is 0 Å². The van der Waals surface area contributed by atoms with Crippen molar-refractivity contribution in [3.63, 3.8) is 0 Å². The smallest absolute Gasteiger partial charge is 0.322 e. The van der Waals surface area contributed by atoms with Gasteiger partial charge in [0.15, 0.2) is 0 Å². The summed E-state index contributed by atoms with van der Waals surface area (Å²) in [6, 6.07) is 19.7. The van der Waals surface area contributed by atoms with Crippen LogP contribution in [0.4, 0.5) is 30.2 Å². The van der Waals surface area contributed by atoms with Gasteiger partial charge in [-0.2, -0.15) is 13.2 Å². The molecule has 4 aromatic rings. The maximum Gasteiger partial charge on any atom is 0.416 e. The Morgan fingerprint density at radius 1 is 0.683 bits per heavy atom. The first kappa shape index (κ1) is 29.6. The quantitative estimate of drug-likeness (QED) is 0.222. The number of halogens is 3. The van der Waals surface area contributed by atoms with Crippen LogP contribution >= 0.6 is 0 Å². The van der Waals surface area contributed by atoms with Crippen LogP contribution in [0.15, 0.2) is 101 Å². The van der Waals surface area contributed by atoms with Gasteiger partial charge in [0.1, 0.15) is 0 Å². The summed E-state index contributed by atoms with van der Waals surface area (Å²) < 4.78 is 94.9. The molecule has 0 fully saturated rings. The maximum atomic E-state index is 13.0. The van der Waals surface area contributed by atoms with Crippen LogP contribution in [0.1, 0.15) is 27.0 Å². The Morgan fingerprint density at radius 2 is 1.29 bits per heavy atom. The Bertz CT molecular complexity index is 1820. The molecule has 0 heterocycles. The summed E-state index contributed by atoms with van der Waals surface area (Å²) in [6.07, 6.45) is -4.64. The molecule has 8 nitrogen and oxygen atoms in total. The topological polar surface area (TPSA) is 121 Å². The molecule has 0 radical (unpaired) electrons. The van der Waals surface area contributed by atoms with Crippen molar-refractivity contribution < 1.29 is 34.8 Å². The highest BCUT2D eigenvalue weighted by atomic mass is 32.2. The number of anilines is 3. The molecule has 0 aliphatic carbocycles. The largest absolute Gasteiger partial charge is 0.416 e. The number of nitrogens with one attached hydrogen (secondary N) is 3. The molecule has 0 atom stereocenters. The molecule has 1 amide bonds. The molecule has 4 aromatic carbocycles. The zero-order valence-electron chi connectivity index (χ0n) is 21.7. The second kappa shape index (κ2) is 11.3. The van der Waals surface area contributed by atoms with Crippen LogP contribution in [0.2, 0.25) is 0 Å². The number of carbonyl (C=O) groups is 1. The van der Waals surface area contributed by atoms with Crippen molar-refractivity contribution in [3.05, 3.63) is 113 Å². The van der Waals surface area contributed by atoms with Gasteiger partial charge in [-0.1, -0.05) is 24.3 Å². The number of hydrogen-bond acceptors (Lipinski definition) is 5. The summed E-state index contributed by atoms with van der Waals surface area (Å²) in [6.45, 7) is 3.42. The van der Waals surface area contributed by atoms with E-state index in [1.54, 1.807) is 25.1 Å². The summed E-state index contributed by atoms with van der Waals surface area (Å²) in [4.78, 5) is 12.6. The SMILES string of the molecule is Cc1cccc(NS(=O)(=O)c2cc(C(=O)Nc3ccc(S(=O)(=O)Nc4cccc(C(F)(F)F)c4)cc3)ccc2C)c1. The lowest BCUT2D eigenvalue weighted by molar-refractivity contribution is -0.137. The molecule has 0 spiro atoms. The number of carbonyl (C=O) groups excluding carboxylic acids is 1. The Labute approximate surface area is 235 Å². The third-order valence-electron chi connectivity index (χ3n) is 5.87. The molecule has 214 valence electrons. The van der Waals surface area contributed by atoms with E-state index in [9.17, 15) is 34.8 Å². The molecule has 0 saturated carbocycles. The van der Waals surface area contributed by atoms with Crippen LogP contribution in [0.3, 0.4) is 0 Å². The molecule has 41 heavy (non-hydrogen) atoms. The summed E-state index contributed by atoms with van der Waals surface area (Å²) in [5.41, 5.74) is 0.633. The zero-order chi connectivity index (χ0) is 30.0. The third kappa shape index (κ3) is 7.24. The predicted molar refractivity (Wildman–Crippen MR) is 150 cm³/mol. The van der Waals surface area contributed by atoms with Crippen molar-refractivity contribution in [2.45, 2.75) is 29.8 Å². The normalized spacial score (nSPS) is 12.0. The Kier molecular flexibility index (Phi) is 8.13. The highest BCUT2D eigenvalue weighted by molar-refractivity contribution is 7.93. The lowest BCUT2D eigenvalue weighted by Crippen LogP contribution is -2.17. The summed E-state index contributed by atoms with van der Waals surface area (Å²) in [7, 11) is -8.25. The number of alkyl halides is 3. The van der Waals surface area contributed by atoms with Gasteiger partial charge in [0, 0.05) is 22.6 Å². The molecule has 0 bridgehead atoms. The van der Waals surface area contributed by atoms with Gasteiger partial charge < -0.3 is 5.32 Å². The average molecular weight is 604 g/mol. The summed E-state index contributed by atoms with van der Waals surface area (Å²) >= 11 is 0. The van der Waals surface area contributed by atoms with Crippen molar-refractivity contribution >= 4 is 43.0 Å². The first-order chi connectivity index (χ1) is 19.1. The second-order valence-corrected chi connectivity index (χ2v) is 12.5. The number of aryl methyl sites for hydroxylation is 2. The monoisotopic (exact) mass is 603 g/mol. The van der Waals surface area contributed by atoms with Crippen LogP contribution in [0.5, 0.6) is 0 Å². The third-order valence-corrected chi connectivity index (χ3v) is 8.80. The second-order valence-electron chi connectivity index (χ2n) is 9.12. The number of benzene rings is 4. The van der Waals surface area contributed by atoms with Gasteiger partial charge in [0.25, 0.3) is 26.0 Å². The lowest BCUT2D eigenvalue weighted by atomic mass is 10.1. The minimum Gasteiger partial charge on any atom is -0.322 e. The van der Waals surface area contributed by atoms with E-state index in [0.717, 1.165) is 17.7 Å². The van der Waals surface area contributed by atoms with Crippen LogP contribution in [-0.2, 0) is 26.2 Å². The fraction of sp³-hybridized carbons (Fsp3) is 0.107. The van der Waals surface area contributed by atoms with Crippen molar-refractivity contribution in [2.75, 3.05) is 14.8 Å². The molecule has 3 N–H and O–H groups in total. The first-order valence-corrected chi connectivity index (χ1v) is 14.9. The Hall–Kier alpha value is -4.36. The Balaban J connectivity index is 1.49. The van der Waals surface area contributed by atoms with E-state index in [4.69, 9.17) is 0 Å². The van der Waals surface area contributed by atoms with Gasteiger partial charge >= 0.3 is 6.18 Å². The Morgan fingerprint density at radius 3 is 1.93 bits per heavy atom. The lowest BCUT2D eigenvalue weighted by Gasteiger charge is -2.13. The van der Waals surface area contributed by atoms with E-state index in [-0.39, 0.29) is 26.7 Å². The van der Waals surface area contributed by atoms with Gasteiger partial charge in [-0.25, -0.2) is 16.8 Å². The van der Waals surface area contributed by atoms with E-state index in [2.05, 4.69) is 14.8 Å². The van der Waals surface area contributed by atoms with Crippen molar-refractivity contribution in [1.29, 1.82) is 0 Å². The fourth-order valence-electron chi connectivity index (χ4n) is 3.84. The van der Waals surface area contributed by atoms with Crippen LogP contribution in [0.25, 0.3) is 0 Å². The van der Waals surface area contributed by atoms with E-state index in [1.165, 1.54) is 48.5 Å². The number of sulfonamides is 2. The van der Waals surface area contributed by atoms with E-state index >= 15 is 0 Å². The maximum absolute atomic E-state index is 13.0. The van der Waals surface area contributed by atoms with Crippen LogP contribution in [0, 0.1) is 13.8 Å². The van der Waals surface area contributed by atoms with Gasteiger partial charge in [-0.05, 0) is 91.7 Å². The number of hydrogen-bond donors (Lipinski definition) is 3. The summed E-state index contributed by atoms with van der Waals surface area (Å²) in [5.74, 6) is -0.644. The van der Waals surface area contributed by atoms with Gasteiger partial charge in [-0.3, -0.25) is 14.2 Å². The molecule has 0 aliphatic rings. The molecule has 0 saturated heterocycles. The standard InChI is InChI=1S/C28H24F3N3O5S2/c1-18-5-3-7-23(15-18)34-41(38,39)26-16-20(10-9-19(26)2)27(35)32-22-11-13-25(14-12-22)40(36,37)33-24-8-4-6-21(17-24)28(29,30)31/h3-17,33-34H,1-2H3,(H,32,35). The van der Waals surface area contributed by atoms with Crippen molar-refractivity contribution in [2.24, 2.45) is 0 Å². The average Bonchev–Trinajstić information content (AvgIpc) is 2.88. The molecular formula is C28H24F3N3O5S2. The number of rotatable bonds is 8. The summed E-state index contributed by atoms with van der Waals surface area (Å²) in [5, 5.41) is 2.57.